The monoisotopic (exact) mass is 172 g/mol. The van der Waals surface area contributed by atoms with Crippen LogP contribution >= 0.6 is 0 Å². The van der Waals surface area contributed by atoms with Gasteiger partial charge < -0.3 is 4.74 Å². The molecule has 0 radical (unpaired) electrons. The molecule has 1 aliphatic heterocycles. The minimum absolute atomic E-state index is 0.396. The van der Waals surface area contributed by atoms with Crippen molar-refractivity contribution >= 4 is 25.0 Å². The third-order valence-electron chi connectivity index (χ3n) is 2.02. The van der Waals surface area contributed by atoms with Gasteiger partial charge >= 0.3 is 0 Å². The van der Waals surface area contributed by atoms with Crippen LogP contribution in [0.1, 0.15) is 26.2 Å². The van der Waals surface area contributed by atoms with Crippen molar-refractivity contribution in [2.24, 2.45) is 0 Å². The van der Waals surface area contributed by atoms with E-state index in [0.717, 1.165) is 6.61 Å². The molecule has 1 saturated heterocycles. The van der Waals surface area contributed by atoms with Crippen LogP contribution in [0.3, 0.4) is 0 Å². The Morgan fingerprint density at radius 2 is 2.40 bits per heavy atom. The second-order valence-corrected chi connectivity index (χ2v) is 8.19. The smallest absolute Gasteiger partial charge is 0.0504 e. The highest BCUT2D eigenvalue weighted by atomic mass is 28.2. The van der Waals surface area contributed by atoms with Gasteiger partial charge in [0, 0.05) is 26.0 Å². The Labute approximate surface area is 68.0 Å². The molecule has 1 atom stereocenters. The molecule has 1 rings (SSSR count). The van der Waals surface area contributed by atoms with Gasteiger partial charge in [0.1, 0.15) is 0 Å². The molecule has 58 valence electrons. The van der Waals surface area contributed by atoms with Gasteiger partial charge in [-0.05, 0) is 19.3 Å². The fourth-order valence-corrected chi connectivity index (χ4v) is 4.29. The van der Waals surface area contributed by atoms with Gasteiger partial charge in [0.15, 0.2) is 0 Å². The summed E-state index contributed by atoms with van der Waals surface area (Å²) in [6.07, 6.45) is 4.01. The van der Waals surface area contributed by atoms with Crippen LogP contribution in [0.15, 0.2) is 0 Å². The molecular weight excluding hydrogens is 156 g/mol. The summed E-state index contributed by atoms with van der Waals surface area (Å²) in [6, 6.07) is 0. The fraction of sp³-hybridized carbons (Fsp3) is 0.857. The van der Waals surface area contributed by atoms with Crippen molar-refractivity contribution in [3.8, 4) is 0 Å². The van der Waals surface area contributed by atoms with Crippen LogP contribution in [0.25, 0.3) is 0 Å². The molecule has 0 spiro atoms. The van der Waals surface area contributed by atoms with E-state index in [1.54, 1.807) is 0 Å². The first-order valence-corrected chi connectivity index (χ1v) is 6.29. The van der Waals surface area contributed by atoms with E-state index in [1.165, 1.54) is 29.5 Å². The van der Waals surface area contributed by atoms with Crippen molar-refractivity contribution in [2.75, 3.05) is 6.61 Å². The van der Waals surface area contributed by atoms with Crippen LogP contribution in [0.5, 0.6) is 0 Å². The van der Waals surface area contributed by atoms with Crippen molar-refractivity contribution < 1.29 is 4.74 Å². The summed E-state index contributed by atoms with van der Waals surface area (Å²) in [5, 5.41) is 0. The van der Waals surface area contributed by atoms with Crippen LogP contribution in [-0.2, 0) is 4.74 Å². The van der Waals surface area contributed by atoms with Crippen molar-refractivity contribution in [2.45, 2.75) is 31.0 Å². The molecule has 0 bridgehead atoms. The summed E-state index contributed by atoms with van der Waals surface area (Å²) in [5.41, 5.74) is 2.32. The van der Waals surface area contributed by atoms with Crippen LogP contribution in [0.4, 0.5) is 0 Å². The predicted molar refractivity (Wildman–Crippen MR) is 51.4 cm³/mol. The predicted octanol–water partition coefficient (Wildman–Crippen LogP) is -0.535. The minimum Gasteiger partial charge on any atom is -0.380 e. The molecule has 0 amide bonds. The summed E-state index contributed by atoms with van der Waals surface area (Å²) in [7, 11) is 1.69. The SMILES string of the molecule is CC=[SiH]C1([SiH3])CCCCO1. The molecule has 10 heavy (non-hydrogen) atoms. The fourth-order valence-electron chi connectivity index (χ4n) is 1.44. The van der Waals surface area contributed by atoms with Crippen molar-refractivity contribution in [1.82, 2.24) is 0 Å². The van der Waals surface area contributed by atoms with Gasteiger partial charge in [-0.1, -0.05) is 6.92 Å². The Morgan fingerprint density at radius 1 is 1.60 bits per heavy atom. The quantitative estimate of drug-likeness (QED) is 0.483. The third-order valence-corrected chi connectivity index (χ3v) is 5.30. The van der Waals surface area contributed by atoms with E-state index >= 15 is 0 Å². The number of hydrogen-bond acceptors (Lipinski definition) is 1. The van der Waals surface area contributed by atoms with Gasteiger partial charge in [0.2, 0.25) is 0 Å². The Kier molecular flexibility index (Phi) is 3.01. The Morgan fingerprint density at radius 3 is 2.90 bits per heavy atom. The molecule has 0 aromatic heterocycles. The highest BCUT2D eigenvalue weighted by Crippen LogP contribution is 2.18. The topological polar surface area (TPSA) is 9.23 Å². The summed E-state index contributed by atoms with van der Waals surface area (Å²) in [4.78, 5) is 0.396. The Balaban J connectivity index is 2.48. The summed E-state index contributed by atoms with van der Waals surface area (Å²) in [6.45, 7) is 3.18. The van der Waals surface area contributed by atoms with Crippen molar-refractivity contribution in [3.63, 3.8) is 0 Å². The van der Waals surface area contributed by atoms with Gasteiger partial charge in [-0.2, -0.15) is 0 Å². The molecule has 0 aliphatic carbocycles. The normalized spacial score (nSPS) is 35.3. The maximum atomic E-state index is 5.77. The molecule has 0 aromatic rings. The van der Waals surface area contributed by atoms with Gasteiger partial charge in [-0.15, -0.1) is 5.67 Å². The average molecular weight is 172 g/mol. The van der Waals surface area contributed by atoms with E-state index in [1.807, 2.05) is 0 Å². The van der Waals surface area contributed by atoms with E-state index in [0.29, 0.717) is 14.0 Å². The van der Waals surface area contributed by atoms with E-state index < -0.39 is 0 Å². The molecule has 1 fully saturated rings. The summed E-state index contributed by atoms with van der Waals surface area (Å²) in [5.74, 6) is 0. The molecule has 0 saturated carbocycles. The first kappa shape index (κ1) is 8.36. The summed E-state index contributed by atoms with van der Waals surface area (Å²) < 4.78 is 5.77. The van der Waals surface area contributed by atoms with E-state index in [2.05, 4.69) is 12.6 Å². The molecule has 1 unspecified atom stereocenters. The summed E-state index contributed by atoms with van der Waals surface area (Å²) >= 11 is 0. The standard InChI is InChI=1S/C7H16OSi2/c1-2-10-7(9)5-3-4-6-8-7/h2,10H,3-6H2,1,9H3. The zero-order valence-corrected chi connectivity index (χ0v) is 10.0. The second kappa shape index (κ2) is 3.60. The first-order valence-electron chi connectivity index (χ1n) is 4.05. The lowest BCUT2D eigenvalue weighted by Gasteiger charge is -2.31. The maximum Gasteiger partial charge on any atom is 0.0504 e. The molecule has 3 heteroatoms. The van der Waals surface area contributed by atoms with Gasteiger partial charge in [0.25, 0.3) is 0 Å². The van der Waals surface area contributed by atoms with E-state index in [9.17, 15) is 0 Å². The van der Waals surface area contributed by atoms with Crippen molar-refractivity contribution in [3.05, 3.63) is 0 Å². The number of ether oxygens (including phenoxy) is 1. The Bertz CT molecular complexity index is 128. The zero-order valence-electron chi connectivity index (χ0n) is 6.89. The lowest BCUT2D eigenvalue weighted by molar-refractivity contribution is 0.0377. The average Bonchev–Trinajstić information content (AvgIpc) is 1.89. The van der Waals surface area contributed by atoms with Crippen LogP contribution in [0.2, 0.25) is 0 Å². The maximum absolute atomic E-state index is 5.77. The molecule has 0 N–H and O–H groups in total. The molecule has 1 heterocycles. The van der Waals surface area contributed by atoms with E-state index in [-0.39, 0.29) is 0 Å². The lowest BCUT2D eigenvalue weighted by Crippen LogP contribution is -2.40. The van der Waals surface area contributed by atoms with Gasteiger partial charge in [0.05, 0.1) is 4.85 Å². The highest BCUT2D eigenvalue weighted by Gasteiger charge is 2.23. The van der Waals surface area contributed by atoms with Crippen LogP contribution in [0, 0.1) is 0 Å². The van der Waals surface area contributed by atoms with E-state index in [4.69, 9.17) is 4.74 Å². The Hall–Kier alpha value is 0.264. The first-order chi connectivity index (χ1) is 4.77. The molecule has 0 aromatic carbocycles. The lowest BCUT2D eigenvalue weighted by atomic mass is 10.2. The van der Waals surface area contributed by atoms with Crippen LogP contribution in [-0.4, -0.2) is 36.5 Å². The van der Waals surface area contributed by atoms with Crippen molar-refractivity contribution in [1.29, 1.82) is 0 Å². The molecule has 1 aliphatic rings. The highest BCUT2D eigenvalue weighted by molar-refractivity contribution is 6.59. The van der Waals surface area contributed by atoms with Gasteiger partial charge in [-0.25, -0.2) is 0 Å². The number of rotatable bonds is 1. The zero-order chi connectivity index (χ0) is 7.45. The second-order valence-electron chi connectivity index (χ2n) is 3.12. The largest absolute Gasteiger partial charge is 0.380 e. The molecular formula is C7H16OSi2. The minimum atomic E-state index is 0.396. The van der Waals surface area contributed by atoms with Crippen LogP contribution < -0.4 is 0 Å². The number of hydrogen-bond donors (Lipinski definition) is 0. The third kappa shape index (κ3) is 2.14. The van der Waals surface area contributed by atoms with Gasteiger partial charge in [-0.3, -0.25) is 0 Å². The molecule has 1 nitrogen and oxygen atoms in total.